The number of carbonyl (C=O) groups is 1. The zero-order chi connectivity index (χ0) is 12.9. The monoisotopic (exact) mass is 248 g/mol. The van der Waals surface area contributed by atoms with Gasteiger partial charge in [0, 0.05) is 18.3 Å². The van der Waals surface area contributed by atoms with E-state index >= 15 is 0 Å². The van der Waals surface area contributed by atoms with Gasteiger partial charge < -0.3 is 0 Å². The summed E-state index contributed by atoms with van der Waals surface area (Å²) >= 11 is 0. The van der Waals surface area contributed by atoms with Crippen LogP contribution < -0.4 is 0 Å². The molecule has 2 aromatic rings. The summed E-state index contributed by atoms with van der Waals surface area (Å²) in [6.45, 7) is 0. The summed E-state index contributed by atoms with van der Waals surface area (Å²) in [4.78, 5) is 11.6. The minimum Gasteiger partial charge on any atom is -0.300 e. The van der Waals surface area contributed by atoms with Gasteiger partial charge in [0.1, 0.15) is 5.78 Å². The lowest BCUT2D eigenvalue weighted by Gasteiger charge is -2.35. The Morgan fingerprint density at radius 2 is 1.21 bits per heavy atom. The quantitative estimate of drug-likeness (QED) is 0.686. The number of Topliss-reactive ketones (excluding diaryl/α,β-unsaturated/α-hetero) is 1. The second-order valence-corrected chi connectivity index (χ2v) is 5.71. The Morgan fingerprint density at radius 1 is 0.737 bits per heavy atom. The third kappa shape index (κ3) is 1.39. The highest BCUT2D eigenvalue weighted by molar-refractivity contribution is 5.85. The zero-order valence-electron chi connectivity index (χ0n) is 10.9. The maximum atomic E-state index is 11.6. The first-order valence-electron chi connectivity index (χ1n) is 7.02. The lowest BCUT2D eigenvalue weighted by atomic mass is 9.67. The molecule has 1 saturated carbocycles. The van der Waals surface area contributed by atoms with Crippen molar-refractivity contribution < 1.29 is 4.79 Å². The van der Waals surface area contributed by atoms with Crippen molar-refractivity contribution >= 4 is 5.78 Å². The van der Waals surface area contributed by atoms with Crippen molar-refractivity contribution in [2.24, 2.45) is 0 Å². The van der Waals surface area contributed by atoms with Crippen LogP contribution in [0.4, 0.5) is 0 Å². The molecule has 4 rings (SSSR count). The first kappa shape index (κ1) is 11.0. The standard InChI is InChI=1S/C18H16O/c19-13-9-11-18(12-10-13)16-7-3-1-5-14(16)15-6-2-4-8-17(15)18/h1-8H,9-12H2. The summed E-state index contributed by atoms with van der Waals surface area (Å²) in [6, 6.07) is 17.4. The smallest absolute Gasteiger partial charge is 0.133 e. The van der Waals surface area contributed by atoms with Gasteiger partial charge in [0.25, 0.3) is 0 Å². The van der Waals surface area contributed by atoms with Crippen LogP contribution in [0.1, 0.15) is 36.8 Å². The minimum absolute atomic E-state index is 0.0983. The van der Waals surface area contributed by atoms with Gasteiger partial charge in [-0.25, -0.2) is 0 Å². The molecule has 1 fully saturated rings. The first-order chi connectivity index (χ1) is 9.31. The van der Waals surface area contributed by atoms with Gasteiger partial charge in [0.05, 0.1) is 0 Å². The van der Waals surface area contributed by atoms with Crippen molar-refractivity contribution in [1.82, 2.24) is 0 Å². The second-order valence-electron chi connectivity index (χ2n) is 5.71. The Balaban J connectivity index is 1.98. The van der Waals surface area contributed by atoms with E-state index in [0.717, 1.165) is 25.7 Å². The topological polar surface area (TPSA) is 17.1 Å². The van der Waals surface area contributed by atoms with E-state index < -0.39 is 0 Å². The van der Waals surface area contributed by atoms with Crippen LogP contribution in [0.15, 0.2) is 48.5 Å². The maximum absolute atomic E-state index is 11.6. The summed E-state index contributed by atoms with van der Waals surface area (Å²) in [5.74, 6) is 0.424. The first-order valence-corrected chi connectivity index (χ1v) is 7.02. The average Bonchev–Trinajstić information content (AvgIpc) is 2.74. The van der Waals surface area contributed by atoms with Gasteiger partial charge in [0.15, 0.2) is 0 Å². The molecule has 0 saturated heterocycles. The molecule has 0 aliphatic heterocycles. The molecule has 0 radical (unpaired) electrons. The fourth-order valence-electron chi connectivity index (χ4n) is 3.91. The number of ketones is 1. The molecule has 1 nitrogen and oxygen atoms in total. The van der Waals surface area contributed by atoms with Crippen molar-refractivity contribution in [2.45, 2.75) is 31.1 Å². The molecule has 0 atom stereocenters. The zero-order valence-corrected chi connectivity index (χ0v) is 10.9. The molecule has 0 aromatic heterocycles. The van der Waals surface area contributed by atoms with E-state index in [0.29, 0.717) is 5.78 Å². The molecule has 0 unspecified atom stereocenters. The van der Waals surface area contributed by atoms with E-state index in [9.17, 15) is 4.79 Å². The molecule has 0 amide bonds. The van der Waals surface area contributed by atoms with Gasteiger partial charge in [-0.05, 0) is 35.1 Å². The maximum Gasteiger partial charge on any atom is 0.133 e. The Labute approximate surface area is 113 Å². The number of fused-ring (bicyclic) bond motifs is 5. The van der Waals surface area contributed by atoms with Gasteiger partial charge in [-0.1, -0.05) is 48.5 Å². The molecule has 94 valence electrons. The predicted molar refractivity (Wildman–Crippen MR) is 76.1 cm³/mol. The molecule has 0 bridgehead atoms. The lowest BCUT2D eigenvalue weighted by molar-refractivity contribution is -0.121. The van der Waals surface area contributed by atoms with E-state index in [1.807, 2.05) is 0 Å². The second kappa shape index (κ2) is 3.80. The predicted octanol–water partition coefficient (Wildman–Crippen LogP) is 4.10. The summed E-state index contributed by atoms with van der Waals surface area (Å²) in [5, 5.41) is 0. The van der Waals surface area contributed by atoms with E-state index in [2.05, 4.69) is 48.5 Å². The summed E-state index contributed by atoms with van der Waals surface area (Å²) in [5.41, 5.74) is 5.70. The molecule has 2 aromatic carbocycles. The molecule has 2 aliphatic carbocycles. The molecular formula is C18H16O. The number of rotatable bonds is 0. The van der Waals surface area contributed by atoms with Crippen LogP contribution in [0.3, 0.4) is 0 Å². The molecule has 1 spiro atoms. The third-order valence-electron chi connectivity index (χ3n) is 4.84. The van der Waals surface area contributed by atoms with Crippen molar-refractivity contribution in [3.63, 3.8) is 0 Å². The van der Waals surface area contributed by atoms with Gasteiger partial charge in [-0.15, -0.1) is 0 Å². The molecule has 2 aliphatic rings. The Bertz CT molecular complexity index is 611. The van der Waals surface area contributed by atoms with Crippen LogP contribution in [0.2, 0.25) is 0 Å². The Morgan fingerprint density at radius 3 is 1.74 bits per heavy atom. The van der Waals surface area contributed by atoms with Crippen LogP contribution >= 0.6 is 0 Å². The number of hydrogen-bond acceptors (Lipinski definition) is 1. The van der Waals surface area contributed by atoms with Gasteiger partial charge >= 0.3 is 0 Å². The number of benzene rings is 2. The summed E-state index contributed by atoms with van der Waals surface area (Å²) in [7, 11) is 0. The highest BCUT2D eigenvalue weighted by Gasteiger charge is 2.44. The Hall–Kier alpha value is -1.89. The van der Waals surface area contributed by atoms with Gasteiger partial charge in [-0.3, -0.25) is 4.79 Å². The summed E-state index contributed by atoms with van der Waals surface area (Å²) in [6.07, 6.45) is 3.39. The van der Waals surface area contributed by atoms with E-state index in [-0.39, 0.29) is 5.41 Å². The largest absolute Gasteiger partial charge is 0.300 e. The SMILES string of the molecule is O=C1CCC2(CC1)c1ccccc1-c1ccccc12. The van der Waals surface area contributed by atoms with Gasteiger partial charge in [-0.2, -0.15) is 0 Å². The van der Waals surface area contributed by atoms with Crippen molar-refractivity contribution in [3.05, 3.63) is 59.7 Å². The van der Waals surface area contributed by atoms with Crippen LogP contribution in [-0.2, 0) is 10.2 Å². The van der Waals surface area contributed by atoms with Crippen LogP contribution in [0, 0.1) is 0 Å². The molecule has 1 heteroatoms. The highest BCUT2D eigenvalue weighted by atomic mass is 16.1. The van der Waals surface area contributed by atoms with Crippen molar-refractivity contribution in [1.29, 1.82) is 0 Å². The fraction of sp³-hybridized carbons (Fsp3) is 0.278. The third-order valence-corrected chi connectivity index (χ3v) is 4.84. The fourth-order valence-corrected chi connectivity index (χ4v) is 3.91. The molecule has 0 heterocycles. The highest BCUT2D eigenvalue weighted by Crippen LogP contribution is 2.54. The van der Waals surface area contributed by atoms with Crippen molar-refractivity contribution in [3.8, 4) is 11.1 Å². The van der Waals surface area contributed by atoms with Crippen LogP contribution in [-0.4, -0.2) is 5.78 Å². The lowest BCUT2D eigenvalue weighted by Crippen LogP contribution is -2.31. The van der Waals surface area contributed by atoms with E-state index in [4.69, 9.17) is 0 Å². The Kier molecular flexibility index (Phi) is 2.20. The van der Waals surface area contributed by atoms with Crippen molar-refractivity contribution in [2.75, 3.05) is 0 Å². The van der Waals surface area contributed by atoms with E-state index in [1.54, 1.807) is 0 Å². The molecule has 0 N–H and O–H groups in total. The van der Waals surface area contributed by atoms with Crippen LogP contribution in [0.5, 0.6) is 0 Å². The number of carbonyl (C=O) groups excluding carboxylic acids is 1. The van der Waals surface area contributed by atoms with Gasteiger partial charge in [0.2, 0.25) is 0 Å². The minimum atomic E-state index is 0.0983. The molecular weight excluding hydrogens is 232 g/mol. The summed E-state index contributed by atoms with van der Waals surface area (Å²) < 4.78 is 0. The molecule has 19 heavy (non-hydrogen) atoms. The van der Waals surface area contributed by atoms with E-state index in [1.165, 1.54) is 22.3 Å². The number of hydrogen-bond donors (Lipinski definition) is 0. The van der Waals surface area contributed by atoms with Crippen LogP contribution in [0.25, 0.3) is 11.1 Å². The average molecular weight is 248 g/mol. The normalized spacial score (nSPS) is 19.3.